The van der Waals surface area contributed by atoms with Crippen molar-refractivity contribution in [2.75, 3.05) is 7.11 Å². The predicted molar refractivity (Wildman–Crippen MR) is 55.7 cm³/mol. The molecule has 0 radical (unpaired) electrons. The molecule has 1 atom stereocenters. The summed E-state index contributed by atoms with van der Waals surface area (Å²) in [7, 11) is 1.57. The van der Waals surface area contributed by atoms with Crippen LogP contribution >= 0.6 is 0 Å². The first-order valence-electron chi connectivity index (χ1n) is 4.28. The molecule has 0 bridgehead atoms. The van der Waals surface area contributed by atoms with E-state index in [4.69, 9.17) is 15.9 Å². The molecular formula is C10H15NO4. The maximum absolute atomic E-state index is 10.3. The number of aromatic carboxylic acids is 1. The van der Waals surface area contributed by atoms with Gasteiger partial charge >= 0.3 is 5.97 Å². The Morgan fingerprint density at radius 2 is 1.93 bits per heavy atom. The smallest absolute Gasteiger partial charge is 0.339 e. The van der Waals surface area contributed by atoms with Gasteiger partial charge in [-0.15, -0.1) is 0 Å². The third-order valence-corrected chi connectivity index (χ3v) is 1.51. The lowest BCUT2D eigenvalue weighted by molar-refractivity contribution is 0.0693. The van der Waals surface area contributed by atoms with Crippen LogP contribution in [0.25, 0.3) is 0 Å². The molecule has 1 rings (SSSR count). The minimum atomic E-state index is -1.11. The summed E-state index contributed by atoms with van der Waals surface area (Å²) in [6.07, 6.45) is -0.116. The SMILES string of the molecule is COC(C)N.O=C(O)c1ccccc1O. The summed E-state index contributed by atoms with van der Waals surface area (Å²) in [5.74, 6) is -1.31. The van der Waals surface area contributed by atoms with Gasteiger partial charge in [-0.3, -0.25) is 0 Å². The Morgan fingerprint density at radius 3 is 2.20 bits per heavy atom. The van der Waals surface area contributed by atoms with Crippen molar-refractivity contribution >= 4 is 5.97 Å². The first kappa shape index (κ1) is 13.4. The standard InChI is InChI=1S/C7H6O3.C3H9NO/c8-6-4-2-1-3-5(6)7(9)10;1-3(4)5-2/h1-4,8H,(H,9,10);3H,4H2,1-2H3. The lowest BCUT2D eigenvalue weighted by atomic mass is 10.2. The normalized spacial score (nSPS) is 11.1. The Kier molecular flexibility index (Phi) is 6.08. The number of nitrogens with two attached hydrogens (primary N) is 1. The van der Waals surface area contributed by atoms with Crippen LogP contribution in [-0.2, 0) is 4.74 Å². The quantitative estimate of drug-likeness (QED) is 0.638. The van der Waals surface area contributed by atoms with Gasteiger partial charge in [-0.05, 0) is 19.1 Å². The maximum atomic E-state index is 10.3. The summed E-state index contributed by atoms with van der Waals surface area (Å²) in [5.41, 5.74) is 5.00. The number of para-hydroxylation sites is 1. The van der Waals surface area contributed by atoms with E-state index >= 15 is 0 Å². The second-order valence-electron chi connectivity index (χ2n) is 2.76. The van der Waals surface area contributed by atoms with Gasteiger partial charge in [0.15, 0.2) is 0 Å². The van der Waals surface area contributed by atoms with Crippen LogP contribution in [0.3, 0.4) is 0 Å². The molecule has 4 N–H and O–H groups in total. The van der Waals surface area contributed by atoms with E-state index < -0.39 is 5.97 Å². The topological polar surface area (TPSA) is 92.8 Å². The molecule has 0 spiro atoms. The molecule has 1 aromatic rings. The van der Waals surface area contributed by atoms with Crippen molar-refractivity contribution in [3.63, 3.8) is 0 Å². The fourth-order valence-corrected chi connectivity index (χ4v) is 0.654. The maximum Gasteiger partial charge on any atom is 0.339 e. The predicted octanol–water partition coefficient (Wildman–Crippen LogP) is 1.03. The molecule has 0 saturated carbocycles. The molecule has 0 aliphatic rings. The van der Waals surface area contributed by atoms with Gasteiger partial charge in [0.1, 0.15) is 17.5 Å². The molecule has 0 fully saturated rings. The molecule has 0 aliphatic heterocycles. The molecule has 0 aliphatic carbocycles. The van der Waals surface area contributed by atoms with E-state index in [0.717, 1.165) is 0 Å². The molecular weight excluding hydrogens is 198 g/mol. The first-order valence-corrected chi connectivity index (χ1v) is 4.28. The second-order valence-corrected chi connectivity index (χ2v) is 2.76. The number of aromatic hydroxyl groups is 1. The van der Waals surface area contributed by atoms with E-state index in [1.165, 1.54) is 12.1 Å². The van der Waals surface area contributed by atoms with Gasteiger partial charge in [0.2, 0.25) is 0 Å². The highest BCUT2D eigenvalue weighted by Gasteiger charge is 2.05. The Hall–Kier alpha value is -1.59. The zero-order valence-corrected chi connectivity index (χ0v) is 8.68. The summed E-state index contributed by atoms with van der Waals surface area (Å²) in [6, 6.07) is 5.81. The Labute approximate surface area is 88.1 Å². The molecule has 0 aromatic heterocycles. The molecule has 15 heavy (non-hydrogen) atoms. The lowest BCUT2D eigenvalue weighted by Gasteiger charge is -1.95. The highest BCUT2D eigenvalue weighted by Crippen LogP contribution is 2.14. The van der Waals surface area contributed by atoms with E-state index in [-0.39, 0.29) is 17.5 Å². The number of carbonyl (C=O) groups is 1. The molecule has 1 unspecified atom stereocenters. The average Bonchev–Trinajstić information content (AvgIpc) is 2.19. The number of ether oxygens (including phenoxy) is 1. The number of carboxylic acid groups (broad SMARTS) is 1. The van der Waals surface area contributed by atoms with Crippen LogP contribution in [0.15, 0.2) is 24.3 Å². The highest BCUT2D eigenvalue weighted by atomic mass is 16.5. The largest absolute Gasteiger partial charge is 0.507 e. The van der Waals surface area contributed by atoms with Crippen molar-refractivity contribution in [1.29, 1.82) is 0 Å². The molecule has 0 amide bonds. The highest BCUT2D eigenvalue weighted by molar-refractivity contribution is 5.90. The third-order valence-electron chi connectivity index (χ3n) is 1.51. The fourth-order valence-electron chi connectivity index (χ4n) is 0.654. The molecule has 5 heteroatoms. The summed E-state index contributed by atoms with van der Waals surface area (Å²) >= 11 is 0. The minimum absolute atomic E-state index is 0.0671. The zero-order valence-electron chi connectivity index (χ0n) is 8.68. The van der Waals surface area contributed by atoms with E-state index in [2.05, 4.69) is 4.74 Å². The molecule has 0 heterocycles. The van der Waals surface area contributed by atoms with Gasteiger partial charge in [-0.1, -0.05) is 12.1 Å². The summed E-state index contributed by atoms with van der Waals surface area (Å²) in [6.45, 7) is 1.78. The van der Waals surface area contributed by atoms with Crippen molar-refractivity contribution in [2.45, 2.75) is 13.2 Å². The Morgan fingerprint density at radius 1 is 1.47 bits per heavy atom. The number of rotatable bonds is 2. The van der Waals surface area contributed by atoms with Crippen LogP contribution in [0.2, 0.25) is 0 Å². The van der Waals surface area contributed by atoms with Crippen LogP contribution in [0.1, 0.15) is 17.3 Å². The van der Waals surface area contributed by atoms with Crippen LogP contribution < -0.4 is 5.73 Å². The summed E-state index contributed by atoms with van der Waals surface area (Å²) < 4.78 is 4.53. The Bertz CT molecular complexity index is 312. The van der Waals surface area contributed by atoms with Crippen molar-refractivity contribution in [2.24, 2.45) is 5.73 Å². The second kappa shape index (κ2) is 6.80. The van der Waals surface area contributed by atoms with Gasteiger partial charge < -0.3 is 20.7 Å². The van der Waals surface area contributed by atoms with Gasteiger partial charge in [-0.25, -0.2) is 4.79 Å². The van der Waals surface area contributed by atoms with Gasteiger partial charge in [0.05, 0.1) is 0 Å². The van der Waals surface area contributed by atoms with Gasteiger partial charge in [-0.2, -0.15) is 0 Å². The average molecular weight is 213 g/mol. The summed E-state index contributed by atoms with van der Waals surface area (Å²) in [5, 5.41) is 17.3. The van der Waals surface area contributed by atoms with Crippen LogP contribution in [0.5, 0.6) is 5.75 Å². The number of phenols is 1. The van der Waals surface area contributed by atoms with Gasteiger partial charge in [0.25, 0.3) is 0 Å². The Balaban J connectivity index is 0.000000336. The minimum Gasteiger partial charge on any atom is -0.507 e. The van der Waals surface area contributed by atoms with E-state index in [1.807, 2.05) is 0 Å². The van der Waals surface area contributed by atoms with Crippen molar-refractivity contribution in [1.82, 2.24) is 0 Å². The number of hydrogen-bond acceptors (Lipinski definition) is 4. The van der Waals surface area contributed by atoms with Crippen LogP contribution in [0.4, 0.5) is 0 Å². The third kappa shape index (κ3) is 5.66. The summed E-state index contributed by atoms with van der Waals surface area (Å²) in [4.78, 5) is 10.3. The van der Waals surface area contributed by atoms with Crippen molar-refractivity contribution in [3.8, 4) is 5.75 Å². The molecule has 5 nitrogen and oxygen atoms in total. The van der Waals surface area contributed by atoms with Crippen LogP contribution in [0, 0.1) is 0 Å². The number of benzene rings is 1. The first-order chi connectivity index (χ1) is 6.99. The molecule has 84 valence electrons. The number of carboxylic acids is 1. The lowest BCUT2D eigenvalue weighted by Crippen LogP contribution is -2.15. The van der Waals surface area contributed by atoms with Crippen molar-refractivity contribution < 1.29 is 19.7 Å². The molecule has 0 saturated heterocycles. The number of hydrogen-bond donors (Lipinski definition) is 3. The molecule has 1 aromatic carbocycles. The van der Waals surface area contributed by atoms with Gasteiger partial charge in [0, 0.05) is 7.11 Å². The number of methoxy groups -OCH3 is 1. The van der Waals surface area contributed by atoms with E-state index in [1.54, 1.807) is 26.2 Å². The van der Waals surface area contributed by atoms with Crippen molar-refractivity contribution in [3.05, 3.63) is 29.8 Å². The fraction of sp³-hybridized carbons (Fsp3) is 0.300. The van der Waals surface area contributed by atoms with Crippen LogP contribution in [-0.4, -0.2) is 29.5 Å². The zero-order chi connectivity index (χ0) is 11.8. The van der Waals surface area contributed by atoms with E-state index in [9.17, 15) is 4.79 Å². The monoisotopic (exact) mass is 213 g/mol. The van der Waals surface area contributed by atoms with E-state index in [0.29, 0.717) is 0 Å².